The van der Waals surface area contributed by atoms with Gasteiger partial charge < -0.3 is 5.32 Å². The molecule has 2 rings (SSSR count). The van der Waals surface area contributed by atoms with Crippen LogP contribution in [0.5, 0.6) is 0 Å². The van der Waals surface area contributed by atoms with Crippen LogP contribution in [0.1, 0.15) is 36.7 Å². The summed E-state index contributed by atoms with van der Waals surface area (Å²) in [7, 11) is -0.962. The Morgan fingerprint density at radius 1 is 1.40 bits per heavy atom. The van der Waals surface area contributed by atoms with Crippen LogP contribution in [-0.4, -0.2) is 43.3 Å². The Balaban J connectivity index is 2.28. The molecular formula is C14H25N3O2S. The van der Waals surface area contributed by atoms with Crippen molar-refractivity contribution in [3.8, 4) is 0 Å². The lowest BCUT2D eigenvalue weighted by Crippen LogP contribution is -2.33. The van der Waals surface area contributed by atoms with Gasteiger partial charge in [-0.3, -0.25) is 4.68 Å². The second-order valence-corrected chi connectivity index (χ2v) is 8.29. The Bertz CT molecular complexity index is 592. The molecule has 114 valence electrons. The molecule has 1 atom stereocenters. The second-order valence-electron chi connectivity index (χ2n) is 6.11. The van der Waals surface area contributed by atoms with Crippen LogP contribution < -0.4 is 5.32 Å². The lowest BCUT2D eigenvalue weighted by molar-refractivity contribution is 0.320. The van der Waals surface area contributed by atoms with Crippen molar-refractivity contribution in [3.63, 3.8) is 0 Å². The van der Waals surface area contributed by atoms with E-state index in [2.05, 4.69) is 17.3 Å². The molecule has 1 aromatic rings. The van der Waals surface area contributed by atoms with Crippen LogP contribution in [-0.2, 0) is 21.8 Å². The van der Waals surface area contributed by atoms with Gasteiger partial charge in [0.25, 0.3) is 0 Å². The Kier molecular flexibility index (Phi) is 4.25. The Morgan fingerprint density at radius 2 is 2.10 bits per heavy atom. The molecule has 0 radical (unpaired) electrons. The minimum atomic E-state index is -2.91. The van der Waals surface area contributed by atoms with E-state index in [0.29, 0.717) is 6.42 Å². The van der Waals surface area contributed by atoms with Gasteiger partial charge in [-0.05, 0) is 59.2 Å². The molecule has 0 saturated carbocycles. The van der Waals surface area contributed by atoms with E-state index in [1.807, 2.05) is 25.6 Å². The molecule has 5 nitrogen and oxygen atoms in total. The Morgan fingerprint density at radius 3 is 2.65 bits per heavy atom. The molecule has 1 saturated heterocycles. The lowest BCUT2D eigenvalue weighted by Gasteiger charge is -2.24. The third kappa shape index (κ3) is 2.91. The summed E-state index contributed by atoms with van der Waals surface area (Å²) in [4.78, 5) is 0. The van der Waals surface area contributed by atoms with Gasteiger partial charge in [0.1, 0.15) is 0 Å². The number of aromatic nitrogens is 2. The van der Waals surface area contributed by atoms with Crippen LogP contribution >= 0.6 is 0 Å². The van der Waals surface area contributed by atoms with Crippen molar-refractivity contribution < 1.29 is 8.42 Å². The zero-order chi connectivity index (χ0) is 15.0. The fourth-order valence-corrected chi connectivity index (χ4v) is 5.27. The van der Waals surface area contributed by atoms with E-state index in [1.165, 1.54) is 5.56 Å². The van der Waals surface area contributed by atoms with Gasteiger partial charge in [0.15, 0.2) is 9.84 Å². The highest BCUT2D eigenvalue weighted by Crippen LogP contribution is 2.32. The summed E-state index contributed by atoms with van der Waals surface area (Å²) in [6, 6.07) is 0. The largest absolute Gasteiger partial charge is 0.320 e. The van der Waals surface area contributed by atoms with Crippen molar-refractivity contribution in [3.05, 3.63) is 17.0 Å². The molecule has 0 aliphatic carbocycles. The van der Waals surface area contributed by atoms with E-state index in [-0.39, 0.29) is 17.0 Å². The number of hydrogen-bond donors (Lipinski definition) is 1. The predicted molar refractivity (Wildman–Crippen MR) is 80.9 cm³/mol. The lowest BCUT2D eigenvalue weighted by atomic mass is 10.0. The molecule has 1 aliphatic heterocycles. The fraction of sp³-hybridized carbons (Fsp3) is 0.786. The number of nitrogens with zero attached hydrogens (tertiary/aromatic N) is 2. The molecule has 1 unspecified atom stereocenters. The van der Waals surface area contributed by atoms with Gasteiger partial charge in [0, 0.05) is 5.69 Å². The van der Waals surface area contributed by atoms with Crippen LogP contribution in [0.15, 0.2) is 0 Å². The molecule has 1 aliphatic rings. The van der Waals surface area contributed by atoms with E-state index in [1.54, 1.807) is 0 Å². The molecule has 2 heterocycles. The smallest absolute Gasteiger partial charge is 0.152 e. The number of sulfone groups is 1. The van der Waals surface area contributed by atoms with Gasteiger partial charge >= 0.3 is 0 Å². The average Bonchev–Trinajstić information content (AvgIpc) is 2.80. The van der Waals surface area contributed by atoms with Gasteiger partial charge in [-0.15, -0.1) is 0 Å². The fourth-order valence-electron chi connectivity index (χ4n) is 3.16. The van der Waals surface area contributed by atoms with Gasteiger partial charge in [-0.2, -0.15) is 5.10 Å². The summed E-state index contributed by atoms with van der Waals surface area (Å²) in [6.45, 7) is 7.07. The quantitative estimate of drug-likeness (QED) is 0.830. The van der Waals surface area contributed by atoms with E-state index in [9.17, 15) is 8.42 Å². The normalized spacial score (nSPS) is 25.2. The molecular weight excluding hydrogens is 274 g/mol. The van der Waals surface area contributed by atoms with Crippen molar-refractivity contribution in [1.29, 1.82) is 0 Å². The molecule has 0 bridgehead atoms. The zero-order valence-electron chi connectivity index (χ0n) is 12.9. The number of aryl methyl sites for hydroxylation is 1. The highest BCUT2D eigenvalue weighted by molar-refractivity contribution is 7.91. The van der Waals surface area contributed by atoms with E-state index in [0.717, 1.165) is 30.8 Å². The van der Waals surface area contributed by atoms with Crippen LogP contribution in [0.25, 0.3) is 0 Å². The monoisotopic (exact) mass is 299 g/mol. The standard InChI is InChI=1S/C14H25N3O2S/c1-11-13(6-5-8-15-4)12(2)17(16-11)14(3)7-9-20(18,19)10-14/h15H,5-10H2,1-4H3. The van der Waals surface area contributed by atoms with Crippen molar-refractivity contribution in [2.24, 2.45) is 0 Å². The van der Waals surface area contributed by atoms with Crippen LogP contribution in [0, 0.1) is 13.8 Å². The van der Waals surface area contributed by atoms with Crippen LogP contribution in [0.3, 0.4) is 0 Å². The van der Waals surface area contributed by atoms with Crippen molar-refractivity contribution >= 4 is 9.84 Å². The zero-order valence-corrected chi connectivity index (χ0v) is 13.7. The highest BCUT2D eigenvalue weighted by atomic mass is 32.2. The maximum Gasteiger partial charge on any atom is 0.152 e. The molecule has 0 aromatic carbocycles. The minimum absolute atomic E-state index is 0.206. The van der Waals surface area contributed by atoms with Gasteiger partial charge in [0.05, 0.1) is 22.7 Å². The topological polar surface area (TPSA) is 64.0 Å². The number of nitrogens with one attached hydrogen (secondary N) is 1. The van der Waals surface area contributed by atoms with E-state index < -0.39 is 9.84 Å². The first-order valence-corrected chi connectivity index (χ1v) is 9.02. The second kappa shape index (κ2) is 5.48. The molecule has 0 spiro atoms. The minimum Gasteiger partial charge on any atom is -0.320 e. The summed E-state index contributed by atoms with van der Waals surface area (Å²) in [5, 5.41) is 7.79. The van der Waals surface area contributed by atoms with E-state index in [4.69, 9.17) is 0 Å². The van der Waals surface area contributed by atoms with E-state index >= 15 is 0 Å². The number of hydrogen-bond acceptors (Lipinski definition) is 4. The SMILES string of the molecule is CNCCCc1c(C)nn(C2(C)CCS(=O)(=O)C2)c1C. The summed E-state index contributed by atoms with van der Waals surface area (Å²) in [6.07, 6.45) is 2.72. The first kappa shape index (κ1) is 15.5. The summed E-state index contributed by atoms with van der Waals surface area (Å²) < 4.78 is 25.5. The third-order valence-electron chi connectivity index (χ3n) is 4.29. The molecule has 6 heteroatoms. The Labute approximate surface area is 121 Å². The van der Waals surface area contributed by atoms with Gasteiger partial charge in [-0.25, -0.2) is 8.42 Å². The molecule has 0 amide bonds. The number of rotatable bonds is 5. The van der Waals surface area contributed by atoms with Gasteiger partial charge in [0.2, 0.25) is 0 Å². The molecule has 1 aromatic heterocycles. The Hall–Kier alpha value is -0.880. The van der Waals surface area contributed by atoms with Crippen molar-refractivity contribution in [1.82, 2.24) is 15.1 Å². The summed E-state index contributed by atoms with van der Waals surface area (Å²) in [5.74, 6) is 0.481. The maximum absolute atomic E-state index is 11.8. The summed E-state index contributed by atoms with van der Waals surface area (Å²) in [5.41, 5.74) is 3.04. The van der Waals surface area contributed by atoms with Gasteiger partial charge in [-0.1, -0.05) is 0 Å². The van der Waals surface area contributed by atoms with Crippen molar-refractivity contribution in [2.75, 3.05) is 25.1 Å². The third-order valence-corrected chi connectivity index (χ3v) is 6.18. The van der Waals surface area contributed by atoms with Crippen LogP contribution in [0.2, 0.25) is 0 Å². The summed E-state index contributed by atoms with van der Waals surface area (Å²) >= 11 is 0. The predicted octanol–water partition coefficient (Wildman–Crippen LogP) is 1.19. The molecule has 1 fully saturated rings. The van der Waals surface area contributed by atoms with Crippen LogP contribution in [0.4, 0.5) is 0 Å². The maximum atomic E-state index is 11.8. The highest BCUT2D eigenvalue weighted by Gasteiger charge is 2.41. The van der Waals surface area contributed by atoms with Crippen molar-refractivity contribution in [2.45, 2.75) is 45.6 Å². The average molecular weight is 299 g/mol. The first-order valence-electron chi connectivity index (χ1n) is 7.20. The molecule has 20 heavy (non-hydrogen) atoms. The first-order chi connectivity index (χ1) is 9.29. The molecule has 1 N–H and O–H groups in total.